The first-order valence-corrected chi connectivity index (χ1v) is 7.12. The van der Waals surface area contributed by atoms with Crippen molar-refractivity contribution in [2.24, 2.45) is 5.92 Å². The predicted octanol–water partition coefficient (Wildman–Crippen LogP) is 3.94. The lowest BCUT2D eigenvalue weighted by molar-refractivity contribution is -0.384. The van der Waals surface area contributed by atoms with E-state index in [0.717, 1.165) is 12.8 Å². The monoisotopic (exact) mass is 314 g/mol. The summed E-state index contributed by atoms with van der Waals surface area (Å²) in [4.78, 5) is 21.2. The normalized spacial score (nSPS) is 13.5. The quantitative estimate of drug-likeness (QED) is 0.560. The standard InChI is InChI=1S/C14H19ClN2O4/c1-9(14(18)19)4-3-5-10(2)16-12-8-11(15)6-7-13(12)17(20)21/h6-10,16H,3-5H2,1-2H3,(H,18,19). The van der Waals surface area contributed by atoms with Crippen molar-refractivity contribution in [2.75, 3.05) is 5.32 Å². The average Bonchev–Trinajstić information content (AvgIpc) is 2.37. The van der Waals surface area contributed by atoms with Crippen LogP contribution in [0.5, 0.6) is 0 Å². The molecule has 0 radical (unpaired) electrons. The number of nitrogens with zero attached hydrogens (tertiary/aromatic N) is 1. The number of rotatable bonds is 8. The van der Waals surface area contributed by atoms with Gasteiger partial charge >= 0.3 is 5.97 Å². The molecule has 0 saturated heterocycles. The lowest BCUT2D eigenvalue weighted by atomic mass is 10.0. The molecular formula is C14H19ClN2O4. The summed E-state index contributed by atoms with van der Waals surface area (Å²) in [6.45, 7) is 3.57. The summed E-state index contributed by atoms with van der Waals surface area (Å²) in [6, 6.07) is 4.35. The maximum Gasteiger partial charge on any atom is 0.306 e. The topological polar surface area (TPSA) is 92.5 Å². The second-order valence-corrected chi connectivity index (χ2v) is 5.57. The van der Waals surface area contributed by atoms with Crippen molar-refractivity contribution in [3.63, 3.8) is 0 Å². The first-order valence-electron chi connectivity index (χ1n) is 6.74. The van der Waals surface area contributed by atoms with Gasteiger partial charge in [-0.2, -0.15) is 0 Å². The highest BCUT2D eigenvalue weighted by atomic mass is 35.5. The van der Waals surface area contributed by atoms with Gasteiger partial charge in [-0.15, -0.1) is 0 Å². The highest BCUT2D eigenvalue weighted by Gasteiger charge is 2.16. The van der Waals surface area contributed by atoms with Gasteiger partial charge in [-0.1, -0.05) is 24.9 Å². The average molecular weight is 315 g/mol. The predicted molar refractivity (Wildman–Crippen MR) is 81.8 cm³/mol. The lowest BCUT2D eigenvalue weighted by Gasteiger charge is -2.16. The Morgan fingerprint density at radius 2 is 2.10 bits per heavy atom. The Kier molecular flexibility index (Phi) is 6.42. The minimum absolute atomic E-state index is 0.0110. The van der Waals surface area contributed by atoms with Crippen LogP contribution < -0.4 is 5.32 Å². The number of carbonyl (C=O) groups is 1. The van der Waals surface area contributed by atoms with Crippen molar-refractivity contribution < 1.29 is 14.8 Å². The minimum atomic E-state index is -0.805. The molecule has 1 rings (SSSR count). The second-order valence-electron chi connectivity index (χ2n) is 5.13. The van der Waals surface area contributed by atoms with Gasteiger partial charge in [-0.3, -0.25) is 14.9 Å². The third-order valence-electron chi connectivity index (χ3n) is 3.25. The molecule has 2 unspecified atom stereocenters. The van der Waals surface area contributed by atoms with E-state index in [2.05, 4.69) is 5.32 Å². The lowest BCUT2D eigenvalue weighted by Crippen LogP contribution is -2.17. The van der Waals surface area contributed by atoms with E-state index in [4.69, 9.17) is 16.7 Å². The van der Waals surface area contributed by atoms with E-state index in [1.807, 2.05) is 6.92 Å². The van der Waals surface area contributed by atoms with E-state index in [1.54, 1.807) is 6.92 Å². The molecule has 0 bridgehead atoms. The summed E-state index contributed by atoms with van der Waals surface area (Å²) in [5.41, 5.74) is 0.358. The zero-order valence-electron chi connectivity index (χ0n) is 12.0. The largest absolute Gasteiger partial charge is 0.481 e. The maximum absolute atomic E-state index is 11.0. The molecule has 116 valence electrons. The highest BCUT2D eigenvalue weighted by molar-refractivity contribution is 6.31. The number of carboxylic acid groups (broad SMARTS) is 1. The van der Waals surface area contributed by atoms with Gasteiger partial charge in [0.2, 0.25) is 0 Å². The van der Waals surface area contributed by atoms with Gasteiger partial charge in [0, 0.05) is 17.1 Å². The summed E-state index contributed by atoms with van der Waals surface area (Å²) >= 11 is 5.86. The van der Waals surface area contributed by atoms with E-state index >= 15 is 0 Å². The molecule has 2 N–H and O–H groups in total. The third kappa shape index (κ3) is 5.59. The van der Waals surface area contributed by atoms with Gasteiger partial charge < -0.3 is 10.4 Å². The molecule has 1 aromatic carbocycles. The number of aliphatic carboxylic acids is 1. The van der Waals surface area contributed by atoms with E-state index < -0.39 is 10.9 Å². The number of anilines is 1. The zero-order chi connectivity index (χ0) is 16.0. The van der Waals surface area contributed by atoms with Gasteiger partial charge in [0.1, 0.15) is 5.69 Å². The van der Waals surface area contributed by atoms with Gasteiger partial charge in [-0.25, -0.2) is 0 Å². The van der Waals surface area contributed by atoms with Gasteiger partial charge in [0.25, 0.3) is 5.69 Å². The molecule has 0 aliphatic rings. The maximum atomic E-state index is 11.0. The molecule has 21 heavy (non-hydrogen) atoms. The fourth-order valence-corrected chi connectivity index (χ4v) is 2.15. The van der Waals surface area contributed by atoms with Crippen LogP contribution in [-0.2, 0) is 4.79 Å². The number of nitrogens with one attached hydrogen (secondary N) is 1. The summed E-state index contributed by atoms with van der Waals surface area (Å²) in [6.07, 6.45) is 2.04. The molecule has 0 aliphatic carbocycles. The number of benzene rings is 1. The van der Waals surface area contributed by atoms with Crippen LogP contribution in [-0.4, -0.2) is 22.0 Å². The molecule has 6 nitrogen and oxygen atoms in total. The first-order chi connectivity index (χ1) is 9.81. The van der Waals surface area contributed by atoms with Crippen LogP contribution in [0.2, 0.25) is 5.02 Å². The van der Waals surface area contributed by atoms with Crippen LogP contribution in [0.15, 0.2) is 18.2 Å². The van der Waals surface area contributed by atoms with Gasteiger partial charge in [-0.05, 0) is 31.9 Å². The van der Waals surface area contributed by atoms with E-state index in [-0.39, 0.29) is 17.6 Å². The van der Waals surface area contributed by atoms with E-state index in [1.165, 1.54) is 18.2 Å². The number of halogens is 1. The van der Waals surface area contributed by atoms with E-state index in [9.17, 15) is 14.9 Å². The molecule has 2 atom stereocenters. The Balaban J connectivity index is 2.58. The summed E-state index contributed by atoms with van der Waals surface area (Å²) in [5.74, 6) is -1.18. The van der Waals surface area contributed by atoms with Crippen molar-refractivity contribution in [1.82, 2.24) is 0 Å². The van der Waals surface area contributed by atoms with Crippen molar-refractivity contribution >= 4 is 28.9 Å². The summed E-state index contributed by atoms with van der Waals surface area (Å²) in [5, 5.41) is 23.2. The Morgan fingerprint density at radius 1 is 1.43 bits per heavy atom. The molecule has 1 aromatic rings. The first kappa shape index (κ1) is 17.2. The molecule has 0 heterocycles. The molecule has 0 amide bonds. The second kappa shape index (κ2) is 7.83. The van der Waals surface area contributed by atoms with Crippen molar-refractivity contribution in [3.05, 3.63) is 33.3 Å². The van der Waals surface area contributed by atoms with Crippen LogP contribution >= 0.6 is 11.6 Å². The molecule has 7 heteroatoms. The van der Waals surface area contributed by atoms with Gasteiger partial charge in [0.15, 0.2) is 0 Å². The summed E-state index contributed by atoms with van der Waals surface area (Å²) in [7, 11) is 0. The number of hydrogen-bond donors (Lipinski definition) is 2. The zero-order valence-corrected chi connectivity index (χ0v) is 12.8. The number of nitro groups is 1. The number of nitro benzene ring substituents is 1. The fraction of sp³-hybridized carbons (Fsp3) is 0.500. The minimum Gasteiger partial charge on any atom is -0.481 e. The third-order valence-corrected chi connectivity index (χ3v) is 3.49. The van der Waals surface area contributed by atoms with Crippen LogP contribution in [0.1, 0.15) is 33.1 Å². The fourth-order valence-electron chi connectivity index (χ4n) is 1.97. The van der Waals surface area contributed by atoms with Crippen molar-refractivity contribution in [3.8, 4) is 0 Å². The van der Waals surface area contributed by atoms with Gasteiger partial charge in [0.05, 0.1) is 10.8 Å². The van der Waals surface area contributed by atoms with Crippen LogP contribution in [0.25, 0.3) is 0 Å². The van der Waals surface area contributed by atoms with Crippen LogP contribution in [0.3, 0.4) is 0 Å². The van der Waals surface area contributed by atoms with Crippen molar-refractivity contribution in [1.29, 1.82) is 0 Å². The van der Waals surface area contributed by atoms with Crippen molar-refractivity contribution in [2.45, 2.75) is 39.2 Å². The highest BCUT2D eigenvalue weighted by Crippen LogP contribution is 2.28. The Hall–Kier alpha value is -1.82. The summed E-state index contributed by atoms with van der Waals surface area (Å²) < 4.78 is 0. The Morgan fingerprint density at radius 3 is 2.67 bits per heavy atom. The molecule has 0 saturated carbocycles. The number of hydrogen-bond acceptors (Lipinski definition) is 4. The molecule has 0 spiro atoms. The molecule has 0 aliphatic heterocycles. The molecule has 0 fully saturated rings. The smallest absolute Gasteiger partial charge is 0.306 e. The Bertz CT molecular complexity index is 522. The number of carboxylic acids is 1. The molecule has 0 aromatic heterocycles. The Labute approximate surface area is 128 Å². The van der Waals surface area contributed by atoms with E-state index in [0.29, 0.717) is 17.1 Å². The van der Waals surface area contributed by atoms with Crippen LogP contribution in [0.4, 0.5) is 11.4 Å². The molecular weight excluding hydrogens is 296 g/mol. The van der Waals surface area contributed by atoms with Crippen LogP contribution in [0, 0.1) is 16.0 Å². The SMILES string of the molecule is CC(CCCC(C)C(=O)O)Nc1cc(Cl)ccc1[N+](=O)[O-].